The number of nitrogens with zero attached hydrogens (tertiary/aromatic N) is 1. The Labute approximate surface area is 205 Å². The minimum Gasteiger partial charge on any atom is -0.309 e. The molecule has 0 aliphatic rings. The van der Waals surface area contributed by atoms with Crippen LogP contribution in [-0.4, -0.2) is 10.9 Å². The molecule has 0 radical (unpaired) electrons. The van der Waals surface area contributed by atoms with Crippen LogP contribution in [0.3, 0.4) is 0 Å². The van der Waals surface area contributed by atoms with Crippen LogP contribution in [0.1, 0.15) is 62.3 Å². The van der Waals surface area contributed by atoms with Crippen molar-refractivity contribution in [3.63, 3.8) is 0 Å². The molecule has 0 amide bonds. The zero-order valence-electron chi connectivity index (χ0n) is 20.8. The van der Waals surface area contributed by atoms with E-state index >= 15 is 0 Å². The smallest absolute Gasteiger partial charge is 0.160 e. The van der Waals surface area contributed by atoms with Gasteiger partial charge >= 0.3 is 0 Å². The number of carbonyl (C=O) groups is 1. The highest BCUT2D eigenvalue weighted by Gasteiger charge is 2.20. The predicted octanol–water partition coefficient (Wildman–Crippen LogP) is 8.92. The van der Waals surface area contributed by atoms with E-state index in [-0.39, 0.29) is 10.8 Å². The van der Waals surface area contributed by atoms with Gasteiger partial charge in [-0.2, -0.15) is 0 Å². The molecule has 0 bridgehead atoms. The number of carbonyl (C=O) groups excluding carboxylic acids is 1. The van der Waals surface area contributed by atoms with Crippen LogP contribution in [0.4, 0.5) is 0 Å². The lowest BCUT2D eigenvalue weighted by molar-refractivity contribution is 0.112. The van der Waals surface area contributed by atoms with E-state index in [0.29, 0.717) is 0 Å². The van der Waals surface area contributed by atoms with Gasteiger partial charge in [0, 0.05) is 21.3 Å². The number of aromatic nitrogens is 1. The molecule has 0 aliphatic heterocycles. The second kappa shape index (κ2) is 7.95. The number of hydrogen-bond acceptors (Lipinski definition) is 2. The predicted molar refractivity (Wildman–Crippen MR) is 147 cm³/mol. The summed E-state index contributed by atoms with van der Waals surface area (Å²) in [7, 11) is 0. The normalized spacial score (nSPS) is 12.5. The summed E-state index contributed by atoms with van der Waals surface area (Å²) < 4.78 is 2.37. The van der Waals surface area contributed by atoms with Gasteiger partial charge in [0.15, 0.2) is 6.29 Å². The molecule has 0 saturated carbocycles. The Bertz CT molecular complexity index is 1450. The first-order chi connectivity index (χ1) is 16.1. The molecule has 0 saturated heterocycles. The van der Waals surface area contributed by atoms with Crippen LogP contribution >= 0.6 is 11.3 Å². The van der Waals surface area contributed by atoms with E-state index in [2.05, 4.69) is 107 Å². The summed E-state index contributed by atoms with van der Waals surface area (Å²) in [5.41, 5.74) is 7.59. The van der Waals surface area contributed by atoms with Crippen molar-refractivity contribution in [2.24, 2.45) is 0 Å². The topological polar surface area (TPSA) is 22.0 Å². The molecule has 172 valence electrons. The van der Waals surface area contributed by atoms with Gasteiger partial charge in [0.05, 0.1) is 15.9 Å². The van der Waals surface area contributed by atoms with Gasteiger partial charge in [-0.15, -0.1) is 11.3 Å². The Kier molecular flexibility index (Phi) is 5.29. The summed E-state index contributed by atoms with van der Waals surface area (Å²) in [6, 6.07) is 26.4. The lowest BCUT2D eigenvalue weighted by Crippen LogP contribution is -2.10. The van der Waals surface area contributed by atoms with Gasteiger partial charge in [-0.25, -0.2) is 0 Å². The van der Waals surface area contributed by atoms with Crippen molar-refractivity contribution >= 4 is 39.4 Å². The maximum absolute atomic E-state index is 11.1. The quantitative estimate of drug-likeness (QED) is 0.244. The van der Waals surface area contributed by atoms with Gasteiger partial charge in [0.1, 0.15) is 0 Å². The molecule has 2 aromatic heterocycles. The Balaban J connectivity index is 1.73. The third kappa shape index (κ3) is 3.88. The van der Waals surface area contributed by atoms with Crippen molar-refractivity contribution in [2.75, 3.05) is 0 Å². The minimum absolute atomic E-state index is 0.0903. The van der Waals surface area contributed by atoms with Crippen LogP contribution in [0.15, 0.2) is 72.8 Å². The maximum atomic E-state index is 11.1. The highest BCUT2D eigenvalue weighted by atomic mass is 32.1. The third-order valence-electron chi connectivity index (χ3n) is 6.65. The summed E-state index contributed by atoms with van der Waals surface area (Å²) >= 11 is 1.53. The fraction of sp³-hybridized carbons (Fsp3) is 0.258. The summed E-state index contributed by atoms with van der Waals surface area (Å²) in [4.78, 5) is 13.0. The van der Waals surface area contributed by atoms with E-state index < -0.39 is 0 Å². The first-order valence-electron chi connectivity index (χ1n) is 11.8. The van der Waals surface area contributed by atoms with Crippen LogP contribution in [0.5, 0.6) is 0 Å². The molecule has 2 nitrogen and oxygen atoms in total. The average Bonchev–Trinajstić information content (AvgIpc) is 3.40. The molecule has 0 aliphatic carbocycles. The number of hydrogen-bond donors (Lipinski definition) is 0. The molecule has 2 heterocycles. The maximum Gasteiger partial charge on any atom is 0.160 e. The SMILES string of the molecule is CC(C)(C)c1ccc2c(c1)c1cc(C(C)(C)C)ccc1n2-c1ccc(-c2ccc(C=O)s2)cc1. The Hall–Kier alpha value is -3.17. The van der Waals surface area contributed by atoms with Crippen molar-refractivity contribution in [2.45, 2.75) is 52.4 Å². The van der Waals surface area contributed by atoms with Gasteiger partial charge in [-0.1, -0.05) is 65.8 Å². The highest BCUT2D eigenvalue weighted by Crippen LogP contribution is 2.38. The molecular weight excluding hydrogens is 434 g/mol. The summed E-state index contributed by atoms with van der Waals surface area (Å²) in [5.74, 6) is 0. The molecule has 0 spiro atoms. The molecule has 3 aromatic carbocycles. The van der Waals surface area contributed by atoms with Crippen LogP contribution < -0.4 is 0 Å². The Morgan fingerprint density at radius 3 is 1.65 bits per heavy atom. The van der Waals surface area contributed by atoms with Crippen molar-refractivity contribution in [3.8, 4) is 16.1 Å². The lowest BCUT2D eigenvalue weighted by Gasteiger charge is -2.19. The number of benzene rings is 3. The zero-order chi connectivity index (χ0) is 24.3. The molecule has 0 unspecified atom stereocenters. The molecule has 0 fully saturated rings. The van der Waals surface area contributed by atoms with Crippen LogP contribution in [-0.2, 0) is 10.8 Å². The van der Waals surface area contributed by atoms with Crippen molar-refractivity contribution < 1.29 is 4.79 Å². The molecule has 5 aromatic rings. The summed E-state index contributed by atoms with van der Waals surface area (Å²) in [6.07, 6.45) is 0.915. The van der Waals surface area contributed by atoms with E-state index in [1.165, 1.54) is 44.3 Å². The largest absolute Gasteiger partial charge is 0.309 e. The van der Waals surface area contributed by atoms with E-state index in [9.17, 15) is 4.79 Å². The van der Waals surface area contributed by atoms with Crippen molar-refractivity contribution in [3.05, 3.63) is 88.8 Å². The van der Waals surface area contributed by atoms with Gasteiger partial charge in [0.25, 0.3) is 0 Å². The average molecular weight is 466 g/mol. The van der Waals surface area contributed by atoms with E-state index in [1.807, 2.05) is 12.1 Å². The number of aldehydes is 1. The molecule has 5 rings (SSSR count). The third-order valence-corrected chi connectivity index (χ3v) is 7.71. The monoisotopic (exact) mass is 465 g/mol. The van der Waals surface area contributed by atoms with Crippen molar-refractivity contribution in [1.29, 1.82) is 0 Å². The number of fused-ring (bicyclic) bond motifs is 3. The molecule has 0 N–H and O–H groups in total. The number of thiophene rings is 1. The zero-order valence-corrected chi connectivity index (χ0v) is 21.6. The highest BCUT2D eigenvalue weighted by molar-refractivity contribution is 7.17. The molecule has 3 heteroatoms. The first kappa shape index (κ1) is 22.6. The van der Waals surface area contributed by atoms with Crippen molar-refractivity contribution in [1.82, 2.24) is 4.57 Å². The fourth-order valence-corrected chi connectivity index (χ4v) is 5.41. The van der Waals surface area contributed by atoms with Gasteiger partial charge < -0.3 is 4.57 Å². The van der Waals surface area contributed by atoms with Crippen LogP contribution in [0.25, 0.3) is 37.9 Å². The summed E-state index contributed by atoms with van der Waals surface area (Å²) in [5, 5.41) is 2.60. The molecule has 34 heavy (non-hydrogen) atoms. The first-order valence-corrected chi connectivity index (χ1v) is 12.6. The van der Waals surface area contributed by atoms with Gasteiger partial charge in [-0.05, 0) is 76.1 Å². The second-order valence-corrected chi connectivity index (χ2v) is 12.3. The second-order valence-electron chi connectivity index (χ2n) is 11.2. The fourth-order valence-electron chi connectivity index (χ4n) is 4.58. The summed E-state index contributed by atoms with van der Waals surface area (Å²) in [6.45, 7) is 13.6. The van der Waals surface area contributed by atoms with Gasteiger partial charge in [-0.3, -0.25) is 4.79 Å². The van der Waals surface area contributed by atoms with Gasteiger partial charge in [0.2, 0.25) is 0 Å². The van der Waals surface area contributed by atoms with E-state index in [4.69, 9.17) is 0 Å². The number of rotatable bonds is 3. The van der Waals surface area contributed by atoms with E-state index in [1.54, 1.807) is 0 Å². The standard InChI is InChI=1S/C31H31NOS/c1-30(2,3)21-9-14-27-25(17-21)26-18-22(31(4,5)6)10-15-28(26)32(27)23-11-7-20(8-12-23)29-16-13-24(19-33)34-29/h7-19H,1-6H3. The molecular formula is C31H31NOS. The molecule has 0 atom stereocenters. The van der Waals surface area contributed by atoms with Crippen LogP contribution in [0, 0.1) is 0 Å². The Morgan fingerprint density at radius 1 is 0.676 bits per heavy atom. The lowest BCUT2D eigenvalue weighted by atomic mass is 9.85. The Morgan fingerprint density at radius 2 is 1.21 bits per heavy atom. The van der Waals surface area contributed by atoms with Crippen LogP contribution in [0.2, 0.25) is 0 Å². The van der Waals surface area contributed by atoms with E-state index in [0.717, 1.165) is 27.3 Å². The minimum atomic E-state index is 0.0903.